The van der Waals surface area contributed by atoms with Crippen molar-refractivity contribution in [1.82, 2.24) is 4.90 Å². The number of nitrogens with zero attached hydrogens (tertiary/aromatic N) is 2. The maximum absolute atomic E-state index is 12.7. The fourth-order valence-electron chi connectivity index (χ4n) is 3.24. The maximum atomic E-state index is 12.7. The van der Waals surface area contributed by atoms with Crippen LogP contribution in [0.2, 0.25) is 0 Å². The summed E-state index contributed by atoms with van der Waals surface area (Å²) < 4.78 is 5.64. The highest BCUT2D eigenvalue weighted by atomic mass is 16.5. The number of ether oxygens (including phenoxy) is 1. The fraction of sp³-hybridized carbons (Fsp3) is 0.588. The van der Waals surface area contributed by atoms with Crippen LogP contribution in [0.5, 0.6) is 0 Å². The van der Waals surface area contributed by atoms with Gasteiger partial charge in [0.15, 0.2) is 0 Å². The van der Waals surface area contributed by atoms with Gasteiger partial charge in [-0.25, -0.2) is 0 Å². The minimum Gasteiger partial charge on any atom is -0.376 e. The zero-order valence-electron chi connectivity index (χ0n) is 12.9. The predicted octanol–water partition coefficient (Wildman–Crippen LogP) is 2.07. The highest BCUT2D eigenvalue weighted by Gasteiger charge is 2.28. The van der Waals surface area contributed by atoms with E-state index < -0.39 is 0 Å². The van der Waals surface area contributed by atoms with Crippen LogP contribution in [0, 0.1) is 0 Å². The number of carbonyl (C=O) groups excluding carboxylic acids is 1. The van der Waals surface area contributed by atoms with Crippen LogP contribution in [-0.4, -0.2) is 49.2 Å². The fourth-order valence-corrected chi connectivity index (χ4v) is 3.24. The Morgan fingerprint density at radius 3 is 3.00 bits per heavy atom. The van der Waals surface area contributed by atoms with Gasteiger partial charge in [-0.3, -0.25) is 9.69 Å². The van der Waals surface area contributed by atoms with Gasteiger partial charge in [-0.2, -0.15) is 0 Å². The van der Waals surface area contributed by atoms with Crippen LogP contribution in [0.15, 0.2) is 24.3 Å². The number of benzene rings is 1. The summed E-state index contributed by atoms with van der Waals surface area (Å²) in [7, 11) is 0. The molecule has 114 valence electrons. The Hall–Kier alpha value is -1.39. The molecule has 0 N–H and O–H groups in total. The van der Waals surface area contributed by atoms with E-state index in [1.54, 1.807) is 0 Å². The largest absolute Gasteiger partial charge is 0.376 e. The van der Waals surface area contributed by atoms with Crippen molar-refractivity contribution in [2.45, 2.75) is 38.8 Å². The minimum absolute atomic E-state index is 0.211. The standard InChI is InChI=1S/C17H24N2O2/c1-13-12-21-14(2)10-18(13)11-17(20)19-9-5-7-15-6-3-4-8-16(15)19/h3-4,6,8,13-14H,5,7,9-12H2,1-2H3. The first-order chi connectivity index (χ1) is 10.1. The van der Waals surface area contributed by atoms with Crippen LogP contribution in [0.1, 0.15) is 25.8 Å². The van der Waals surface area contributed by atoms with Crippen molar-refractivity contribution in [2.24, 2.45) is 0 Å². The Bertz CT molecular complexity index is 517. The number of amides is 1. The molecule has 1 aromatic carbocycles. The monoisotopic (exact) mass is 288 g/mol. The van der Waals surface area contributed by atoms with Gasteiger partial charge in [0.1, 0.15) is 0 Å². The van der Waals surface area contributed by atoms with Gasteiger partial charge < -0.3 is 9.64 Å². The molecule has 0 saturated carbocycles. The van der Waals surface area contributed by atoms with Crippen molar-refractivity contribution >= 4 is 11.6 Å². The molecule has 1 fully saturated rings. The van der Waals surface area contributed by atoms with Crippen molar-refractivity contribution in [2.75, 3.05) is 31.1 Å². The van der Waals surface area contributed by atoms with E-state index in [4.69, 9.17) is 4.74 Å². The molecule has 2 unspecified atom stereocenters. The lowest BCUT2D eigenvalue weighted by atomic mass is 10.0. The van der Waals surface area contributed by atoms with Gasteiger partial charge in [0, 0.05) is 24.8 Å². The second kappa shape index (κ2) is 6.16. The highest BCUT2D eigenvalue weighted by Crippen LogP contribution is 2.27. The molecule has 1 saturated heterocycles. The average molecular weight is 288 g/mol. The first-order valence-corrected chi connectivity index (χ1v) is 7.89. The summed E-state index contributed by atoms with van der Waals surface area (Å²) in [6, 6.07) is 8.58. The Labute approximate surface area is 126 Å². The molecule has 0 bridgehead atoms. The SMILES string of the molecule is CC1CN(CC(=O)N2CCCc3ccccc32)C(C)CO1. The van der Waals surface area contributed by atoms with Crippen molar-refractivity contribution in [3.63, 3.8) is 0 Å². The number of anilines is 1. The number of morpholine rings is 1. The van der Waals surface area contributed by atoms with Gasteiger partial charge in [0.2, 0.25) is 5.91 Å². The Morgan fingerprint density at radius 2 is 2.14 bits per heavy atom. The van der Waals surface area contributed by atoms with E-state index in [1.807, 2.05) is 11.0 Å². The van der Waals surface area contributed by atoms with Gasteiger partial charge in [-0.05, 0) is 38.3 Å². The van der Waals surface area contributed by atoms with Gasteiger partial charge in [0.05, 0.1) is 19.3 Å². The third-order valence-electron chi connectivity index (χ3n) is 4.49. The summed E-state index contributed by atoms with van der Waals surface area (Å²) in [6.07, 6.45) is 2.34. The molecule has 0 spiro atoms. The van der Waals surface area contributed by atoms with E-state index in [0.29, 0.717) is 19.2 Å². The average Bonchev–Trinajstić information content (AvgIpc) is 2.50. The van der Waals surface area contributed by atoms with E-state index in [9.17, 15) is 4.79 Å². The van der Waals surface area contributed by atoms with Gasteiger partial charge in [-0.1, -0.05) is 18.2 Å². The molecule has 0 aromatic heterocycles. The quantitative estimate of drug-likeness (QED) is 0.835. The van der Waals surface area contributed by atoms with Crippen LogP contribution in [0.4, 0.5) is 5.69 Å². The summed E-state index contributed by atoms with van der Waals surface area (Å²) in [5.74, 6) is 0.211. The van der Waals surface area contributed by atoms with Crippen molar-refractivity contribution in [1.29, 1.82) is 0 Å². The van der Waals surface area contributed by atoms with Crippen LogP contribution < -0.4 is 4.90 Å². The lowest BCUT2D eigenvalue weighted by molar-refractivity contribution is -0.123. The Morgan fingerprint density at radius 1 is 1.33 bits per heavy atom. The summed E-state index contributed by atoms with van der Waals surface area (Å²) in [6.45, 7) is 7.07. The molecule has 21 heavy (non-hydrogen) atoms. The van der Waals surface area contributed by atoms with Crippen LogP contribution >= 0.6 is 0 Å². The smallest absolute Gasteiger partial charge is 0.241 e. The third-order valence-corrected chi connectivity index (χ3v) is 4.49. The molecule has 4 nitrogen and oxygen atoms in total. The molecule has 2 aliphatic rings. The molecule has 0 aliphatic carbocycles. The second-order valence-electron chi connectivity index (χ2n) is 6.20. The minimum atomic E-state index is 0.211. The lowest BCUT2D eigenvalue weighted by Gasteiger charge is -2.38. The molecule has 2 aliphatic heterocycles. The summed E-state index contributed by atoms with van der Waals surface area (Å²) >= 11 is 0. The number of carbonyl (C=O) groups is 1. The van der Waals surface area contributed by atoms with E-state index in [2.05, 4.69) is 36.9 Å². The molecule has 4 heteroatoms. The molecule has 1 aromatic rings. The van der Waals surface area contributed by atoms with Crippen molar-refractivity contribution < 1.29 is 9.53 Å². The molecule has 2 heterocycles. The number of hydrogen-bond acceptors (Lipinski definition) is 3. The lowest BCUT2D eigenvalue weighted by Crippen LogP contribution is -2.52. The van der Waals surface area contributed by atoms with Gasteiger partial charge in [-0.15, -0.1) is 0 Å². The summed E-state index contributed by atoms with van der Waals surface area (Å²) in [5, 5.41) is 0. The first-order valence-electron chi connectivity index (χ1n) is 7.89. The van der Waals surface area contributed by atoms with E-state index >= 15 is 0 Å². The molecule has 0 radical (unpaired) electrons. The third kappa shape index (κ3) is 3.11. The Balaban J connectivity index is 1.71. The van der Waals surface area contributed by atoms with Crippen LogP contribution in [0.3, 0.4) is 0 Å². The van der Waals surface area contributed by atoms with Gasteiger partial charge >= 0.3 is 0 Å². The number of rotatable bonds is 2. The number of para-hydroxylation sites is 1. The van der Waals surface area contributed by atoms with E-state index in [-0.39, 0.29) is 12.0 Å². The second-order valence-corrected chi connectivity index (χ2v) is 6.20. The molecular formula is C17H24N2O2. The summed E-state index contributed by atoms with van der Waals surface area (Å²) in [4.78, 5) is 16.9. The Kier molecular flexibility index (Phi) is 4.27. The zero-order valence-corrected chi connectivity index (χ0v) is 12.9. The topological polar surface area (TPSA) is 32.8 Å². The van der Waals surface area contributed by atoms with Crippen molar-refractivity contribution in [3.05, 3.63) is 29.8 Å². The predicted molar refractivity (Wildman–Crippen MR) is 83.6 cm³/mol. The molecule has 3 rings (SSSR count). The van der Waals surface area contributed by atoms with Gasteiger partial charge in [0.25, 0.3) is 0 Å². The summed E-state index contributed by atoms with van der Waals surface area (Å²) in [5.41, 5.74) is 2.39. The normalized spacial score (nSPS) is 26.5. The first kappa shape index (κ1) is 14.5. The number of fused-ring (bicyclic) bond motifs is 1. The van der Waals surface area contributed by atoms with E-state index in [1.165, 1.54) is 5.56 Å². The molecule has 2 atom stereocenters. The highest BCUT2D eigenvalue weighted by molar-refractivity contribution is 5.96. The van der Waals surface area contributed by atoms with Crippen LogP contribution in [-0.2, 0) is 16.0 Å². The number of aryl methyl sites for hydroxylation is 1. The van der Waals surface area contributed by atoms with Crippen molar-refractivity contribution in [3.8, 4) is 0 Å². The van der Waals surface area contributed by atoms with Crippen LogP contribution in [0.25, 0.3) is 0 Å². The zero-order chi connectivity index (χ0) is 14.8. The molecule has 1 amide bonds. The molecular weight excluding hydrogens is 264 g/mol. The maximum Gasteiger partial charge on any atom is 0.241 e. The number of hydrogen-bond donors (Lipinski definition) is 0. The van der Waals surface area contributed by atoms with E-state index in [0.717, 1.165) is 31.6 Å².